The molecule has 0 aliphatic rings. The molecule has 2 aromatic rings. The first-order valence-electron chi connectivity index (χ1n) is 6.49. The van der Waals surface area contributed by atoms with Gasteiger partial charge in [-0.2, -0.15) is 0 Å². The third-order valence-corrected chi connectivity index (χ3v) is 3.82. The maximum absolute atomic E-state index is 14.0. The van der Waals surface area contributed by atoms with Gasteiger partial charge in [0.15, 0.2) is 0 Å². The first-order valence-corrected chi connectivity index (χ1v) is 7.25. The van der Waals surface area contributed by atoms with Gasteiger partial charge in [-0.25, -0.2) is 4.39 Å². The molecule has 112 valence electrons. The Morgan fingerprint density at radius 2 is 1.81 bits per heavy atom. The van der Waals surface area contributed by atoms with E-state index in [1.807, 2.05) is 13.1 Å². The van der Waals surface area contributed by atoms with Gasteiger partial charge in [0.05, 0.1) is 7.11 Å². The van der Waals surface area contributed by atoms with E-state index in [1.165, 1.54) is 6.07 Å². The molecule has 0 saturated heterocycles. The highest BCUT2D eigenvalue weighted by Crippen LogP contribution is 2.31. The first kappa shape index (κ1) is 16.1. The van der Waals surface area contributed by atoms with E-state index in [-0.39, 0.29) is 11.9 Å². The van der Waals surface area contributed by atoms with Gasteiger partial charge in [0.25, 0.3) is 0 Å². The Bertz CT molecular complexity index is 634. The first-order chi connectivity index (χ1) is 10.0. The van der Waals surface area contributed by atoms with Crippen molar-refractivity contribution in [1.29, 1.82) is 0 Å². The summed E-state index contributed by atoms with van der Waals surface area (Å²) in [5, 5.41) is 4.17. The molecule has 0 heterocycles. The van der Waals surface area contributed by atoms with Gasteiger partial charge < -0.3 is 10.1 Å². The monoisotopic (exact) mass is 327 g/mol. The van der Waals surface area contributed by atoms with Gasteiger partial charge in [0.1, 0.15) is 11.6 Å². The second-order valence-corrected chi connectivity index (χ2v) is 5.54. The summed E-state index contributed by atoms with van der Waals surface area (Å²) in [6.45, 7) is 0. The maximum atomic E-state index is 14.0. The van der Waals surface area contributed by atoms with Gasteiger partial charge in [0, 0.05) is 21.7 Å². The highest BCUT2D eigenvalue weighted by atomic mass is 35.5. The van der Waals surface area contributed by atoms with Crippen molar-refractivity contribution >= 4 is 23.2 Å². The van der Waals surface area contributed by atoms with Crippen LogP contribution in [-0.4, -0.2) is 14.2 Å². The average Bonchev–Trinajstić information content (AvgIpc) is 2.46. The Morgan fingerprint density at radius 3 is 2.43 bits per heavy atom. The molecule has 0 saturated carbocycles. The van der Waals surface area contributed by atoms with Crippen molar-refractivity contribution in [2.75, 3.05) is 14.2 Å². The lowest BCUT2D eigenvalue weighted by Gasteiger charge is -2.20. The molecule has 1 atom stereocenters. The number of hydrogen-bond donors (Lipinski definition) is 1. The number of methoxy groups -OCH3 is 1. The molecular formula is C16H16Cl2FNO. The van der Waals surface area contributed by atoms with Gasteiger partial charge in [-0.1, -0.05) is 29.3 Å². The van der Waals surface area contributed by atoms with Crippen molar-refractivity contribution in [1.82, 2.24) is 5.32 Å². The number of rotatable bonds is 5. The fourth-order valence-corrected chi connectivity index (χ4v) is 2.59. The average molecular weight is 328 g/mol. The number of ether oxygens (including phenoxy) is 1. The van der Waals surface area contributed by atoms with Crippen LogP contribution in [0.5, 0.6) is 5.75 Å². The molecule has 2 nitrogen and oxygen atoms in total. The van der Waals surface area contributed by atoms with Gasteiger partial charge in [-0.15, -0.1) is 0 Å². The van der Waals surface area contributed by atoms with Gasteiger partial charge in [-0.05, 0) is 49.4 Å². The summed E-state index contributed by atoms with van der Waals surface area (Å²) in [4.78, 5) is 0. The molecule has 1 unspecified atom stereocenters. The second kappa shape index (κ2) is 7.12. The molecule has 0 bridgehead atoms. The van der Waals surface area contributed by atoms with Crippen LogP contribution in [0.3, 0.4) is 0 Å². The highest BCUT2D eigenvalue weighted by Gasteiger charge is 2.17. The van der Waals surface area contributed by atoms with E-state index in [1.54, 1.807) is 31.4 Å². The van der Waals surface area contributed by atoms with E-state index >= 15 is 0 Å². The zero-order valence-electron chi connectivity index (χ0n) is 11.8. The van der Waals surface area contributed by atoms with E-state index < -0.39 is 0 Å². The summed E-state index contributed by atoms with van der Waals surface area (Å²) in [5.41, 5.74) is 1.47. The van der Waals surface area contributed by atoms with Crippen LogP contribution in [0.15, 0.2) is 36.4 Å². The SMILES string of the molecule is CNC(Cc1ccc(Cl)cc1F)c1cc(Cl)ccc1OC. The van der Waals surface area contributed by atoms with Gasteiger partial charge >= 0.3 is 0 Å². The molecule has 0 aliphatic heterocycles. The molecule has 0 aromatic heterocycles. The van der Waals surface area contributed by atoms with Crippen LogP contribution in [0.25, 0.3) is 0 Å². The zero-order valence-corrected chi connectivity index (χ0v) is 13.3. The summed E-state index contributed by atoms with van der Waals surface area (Å²) >= 11 is 11.8. The number of benzene rings is 2. The fraction of sp³-hybridized carbons (Fsp3) is 0.250. The standard InChI is InChI=1S/C16H16Cl2FNO/c1-20-15(7-10-3-4-12(18)9-14(10)19)13-8-11(17)5-6-16(13)21-2/h3-6,8-9,15,20H,7H2,1-2H3. The fourth-order valence-electron chi connectivity index (χ4n) is 2.25. The van der Waals surface area contributed by atoms with Crippen LogP contribution in [0, 0.1) is 5.82 Å². The smallest absolute Gasteiger partial charge is 0.127 e. The third kappa shape index (κ3) is 3.88. The summed E-state index contributed by atoms with van der Waals surface area (Å²) in [6, 6.07) is 9.98. The lowest BCUT2D eigenvalue weighted by atomic mass is 9.98. The van der Waals surface area contributed by atoms with Crippen LogP contribution in [-0.2, 0) is 6.42 Å². The summed E-state index contributed by atoms with van der Waals surface area (Å²) in [5.74, 6) is 0.400. The Labute approximate surface area is 133 Å². The Morgan fingerprint density at radius 1 is 1.14 bits per heavy atom. The van der Waals surface area contributed by atoms with Crippen molar-refractivity contribution in [3.05, 3.63) is 63.4 Å². The van der Waals surface area contributed by atoms with Crippen LogP contribution in [0.2, 0.25) is 10.0 Å². The number of nitrogens with one attached hydrogen (secondary N) is 1. The minimum absolute atomic E-state index is 0.116. The number of hydrogen-bond acceptors (Lipinski definition) is 2. The summed E-state index contributed by atoms with van der Waals surface area (Å²) in [7, 11) is 3.42. The van der Waals surface area contributed by atoms with E-state index in [4.69, 9.17) is 27.9 Å². The number of halogens is 3. The quantitative estimate of drug-likeness (QED) is 0.863. The van der Waals surface area contributed by atoms with Crippen LogP contribution in [0.4, 0.5) is 4.39 Å². The molecule has 5 heteroatoms. The van der Waals surface area contributed by atoms with E-state index in [0.29, 0.717) is 27.8 Å². The van der Waals surface area contributed by atoms with Gasteiger partial charge in [-0.3, -0.25) is 0 Å². The van der Waals surface area contributed by atoms with Crippen molar-refractivity contribution in [2.45, 2.75) is 12.5 Å². The molecule has 21 heavy (non-hydrogen) atoms. The predicted octanol–water partition coefficient (Wildman–Crippen LogP) is 4.64. The van der Waals surface area contributed by atoms with Crippen LogP contribution < -0.4 is 10.1 Å². The molecule has 0 amide bonds. The van der Waals surface area contributed by atoms with Crippen molar-refractivity contribution in [3.8, 4) is 5.75 Å². The lowest BCUT2D eigenvalue weighted by Crippen LogP contribution is -2.20. The normalized spacial score (nSPS) is 12.2. The van der Waals surface area contributed by atoms with Crippen molar-refractivity contribution in [2.24, 2.45) is 0 Å². The molecule has 0 radical (unpaired) electrons. The topological polar surface area (TPSA) is 21.3 Å². The molecule has 0 fully saturated rings. The molecule has 2 aromatic carbocycles. The predicted molar refractivity (Wildman–Crippen MR) is 84.9 cm³/mol. The molecule has 0 spiro atoms. The lowest BCUT2D eigenvalue weighted by molar-refractivity contribution is 0.400. The van der Waals surface area contributed by atoms with E-state index in [9.17, 15) is 4.39 Å². The van der Waals surface area contributed by atoms with E-state index in [2.05, 4.69) is 5.32 Å². The van der Waals surface area contributed by atoms with Gasteiger partial charge in [0.2, 0.25) is 0 Å². The summed E-state index contributed by atoms with van der Waals surface area (Å²) in [6.07, 6.45) is 0.468. The largest absolute Gasteiger partial charge is 0.496 e. The second-order valence-electron chi connectivity index (χ2n) is 4.67. The Hall–Kier alpha value is -1.29. The molecule has 2 rings (SSSR count). The maximum Gasteiger partial charge on any atom is 0.127 e. The molecular weight excluding hydrogens is 312 g/mol. The Balaban J connectivity index is 2.34. The molecule has 0 aliphatic carbocycles. The van der Waals surface area contributed by atoms with E-state index in [0.717, 1.165) is 5.56 Å². The number of likely N-dealkylation sites (N-methyl/N-ethyl adjacent to an activating group) is 1. The van der Waals surface area contributed by atoms with Crippen LogP contribution >= 0.6 is 23.2 Å². The Kier molecular flexibility index (Phi) is 5.45. The highest BCUT2D eigenvalue weighted by molar-refractivity contribution is 6.30. The minimum atomic E-state index is -0.316. The molecule has 1 N–H and O–H groups in total. The van der Waals surface area contributed by atoms with Crippen molar-refractivity contribution < 1.29 is 9.13 Å². The van der Waals surface area contributed by atoms with Crippen LogP contribution in [0.1, 0.15) is 17.2 Å². The summed E-state index contributed by atoms with van der Waals surface area (Å²) < 4.78 is 19.3. The third-order valence-electron chi connectivity index (χ3n) is 3.35. The van der Waals surface area contributed by atoms with Crippen molar-refractivity contribution in [3.63, 3.8) is 0 Å². The zero-order chi connectivity index (χ0) is 15.4. The minimum Gasteiger partial charge on any atom is -0.496 e.